The van der Waals surface area contributed by atoms with E-state index in [4.69, 9.17) is 9.47 Å². The number of benzene rings is 2. The maximum absolute atomic E-state index is 12.5. The Morgan fingerprint density at radius 1 is 0.793 bits per heavy atom. The van der Waals surface area contributed by atoms with Crippen molar-refractivity contribution in [2.75, 3.05) is 39.9 Å². The fourth-order valence-corrected chi connectivity index (χ4v) is 3.34. The highest BCUT2D eigenvalue weighted by Crippen LogP contribution is 2.14. The molecule has 0 atom stereocenters. The molecule has 0 radical (unpaired) electrons. The number of ether oxygens (including phenoxy) is 2. The van der Waals surface area contributed by atoms with Gasteiger partial charge in [-0.3, -0.25) is 9.59 Å². The summed E-state index contributed by atoms with van der Waals surface area (Å²) in [5, 5.41) is 0. The predicted molar refractivity (Wildman–Crippen MR) is 111 cm³/mol. The largest absolute Gasteiger partial charge is 0.497 e. The Morgan fingerprint density at radius 2 is 1.38 bits per heavy atom. The highest BCUT2D eigenvalue weighted by molar-refractivity contribution is 5.78. The zero-order valence-corrected chi connectivity index (χ0v) is 16.9. The van der Waals surface area contributed by atoms with E-state index in [-0.39, 0.29) is 11.8 Å². The van der Waals surface area contributed by atoms with E-state index in [1.165, 1.54) is 0 Å². The normalized spacial score (nSPS) is 13.8. The standard InChI is InChI=1S/C23H28N2O4/c1-28-20-10-7-19(8-11-20)9-12-22(26)24-14-16-25(17-15-24)23(27)13-18-29-21-5-3-2-4-6-21/h2-8,10-11H,9,12-18H2,1H3. The molecule has 1 aliphatic rings. The molecule has 1 aliphatic heterocycles. The van der Waals surface area contributed by atoms with E-state index >= 15 is 0 Å². The van der Waals surface area contributed by atoms with E-state index in [1.807, 2.05) is 64.4 Å². The number of para-hydroxylation sites is 1. The maximum atomic E-state index is 12.5. The monoisotopic (exact) mass is 396 g/mol. The van der Waals surface area contributed by atoms with Crippen molar-refractivity contribution < 1.29 is 19.1 Å². The Kier molecular flexibility index (Phi) is 7.50. The summed E-state index contributed by atoms with van der Waals surface area (Å²) in [5.74, 6) is 1.80. The van der Waals surface area contributed by atoms with E-state index in [1.54, 1.807) is 7.11 Å². The summed E-state index contributed by atoms with van der Waals surface area (Å²) in [4.78, 5) is 28.5. The van der Waals surface area contributed by atoms with Crippen molar-refractivity contribution in [2.24, 2.45) is 0 Å². The van der Waals surface area contributed by atoms with Gasteiger partial charge in [-0.25, -0.2) is 0 Å². The molecule has 0 aromatic heterocycles. The summed E-state index contributed by atoms with van der Waals surface area (Å²) in [5.41, 5.74) is 1.12. The van der Waals surface area contributed by atoms with Gasteiger partial charge in [0.25, 0.3) is 0 Å². The number of nitrogens with zero attached hydrogens (tertiary/aromatic N) is 2. The van der Waals surface area contributed by atoms with Gasteiger partial charge in [0.1, 0.15) is 11.5 Å². The summed E-state index contributed by atoms with van der Waals surface area (Å²) in [7, 11) is 1.64. The van der Waals surface area contributed by atoms with Crippen molar-refractivity contribution in [1.29, 1.82) is 0 Å². The number of rotatable bonds is 8. The molecule has 2 amide bonds. The van der Waals surface area contributed by atoms with Crippen LogP contribution in [0.25, 0.3) is 0 Å². The first-order valence-corrected chi connectivity index (χ1v) is 10.0. The number of carbonyl (C=O) groups excluding carboxylic acids is 2. The van der Waals surface area contributed by atoms with Crippen molar-refractivity contribution in [3.8, 4) is 11.5 Å². The number of methoxy groups -OCH3 is 1. The smallest absolute Gasteiger partial charge is 0.226 e. The minimum atomic E-state index is 0.0752. The van der Waals surface area contributed by atoms with E-state index in [2.05, 4.69) is 0 Å². The van der Waals surface area contributed by atoms with Crippen LogP contribution in [0.1, 0.15) is 18.4 Å². The first kappa shape index (κ1) is 20.7. The first-order chi connectivity index (χ1) is 14.2. The fourth-order valence-electron chi connectivity index (χ4n) is 3.34. The van der Waals surface area contributed by atoms with Crippen LogP contribution in [0.3, 0.4) is 0 Å². The number of hydrogen-bond donors (Lipinski definition) is 0. The Hall–Kier alpha value is -3.02. The highest BCUT2D eigenvalue weighted by Gasteiger charge is 2.23. The summed E-state index contributed by atoms with van der Waals surface area (Å²) >= 11 is 0. The summed E-state index contributed by atoms with van der Waals surface area (Å²) in [6, 6.07) is 17.3. The van der Waals surface area contributed by atoms with Crippen molar-refractivity contribution in [1.82, 2.24) is 9.80 Å². The molecule has 1 saturated heterocycles. The van der Waals surface area contributed by atoms with Crippen molar-refractivity contribution in [3.63, 3.8) is 0 Å². The Morgan fingerprint density at radius 3 is 1.97 bits per heavy atom. The van der Waals surface area contributed by atoms with Gasteiger partial charge >= 0.3 is 0 Å². The fraction of sp³-hybridized carbons (Fsp3) is 0.391. The lowest BCUT2D eigenvalue weighted by molar-refractivity contribution is -0.139. The van der Waals surface area contributed by atoms with Crippen molar-refractivity contribution in [2.45, 2.75) is 19.3 Å². The molecule has 6 nitrogen and oxygen atoms in total. The Bertz CT molecular complexity index is 784. The molecule has 29 heavy (non-hydrogen) atoms. The molecule has 1 heterocycles. The SMILES string of the molecule is COc1ccc(CCC(=O)N2CCN(C(=O)CCOc3ccccc3)CC2)cc1. The lowest BCUT2D eigenvalue weighted by atomic mass is 10.1. The lowest BCUT2D eigenvalue weighted by Gasteiger charge is -2.35. The van der Waals surface area contributed by atoms with Gasteiger partial charge in [-0.05, 0) is 36.2 Å². The van der Waals surface area contributed by atoms with Crippen molar-refractivity contribution >= 4 is 11.8 Å². The topological polar surface area (TPSA) is 59.1 Å². The number of carbonyl (C=O) groups is 2. The van der Waals surface area contributed by atoms with Crippen LogP contribution in [0.15, 0.2) is 54.6 Å². The number of amides is 2. The van der Waals surface area contributed by atoms with Gasteiger partial charge in [0.15, 0.2) is 0 Å². The first-order valence-electron chi connectivity index (χ1n) is 10.0. The van der Waals surface area contributed by atoms with Crippen LogP contribution in [0.2, 0.25) is 0 Å². The van der Waals surface area contributed by atoms with Crippen molar-refractivity contribution in [3.05, 3.63) is 60.2 Å². The second-order valence-corrected chi connectivity index (χ2v) is 7.02. The number of piperazine rings is 1. The van der Waals surface area contributed by atoms with Gasteiger partial charge in [-0.1, -0.05) is 30.3 Å². The van der Waals surface area contributed by atoms with Crippen LogP contribution in [0.5, 0.6) is 11.5 Å². The van der Waals surface area contributed by atoms with Gasteiger partial charge in [0.2, 0.25) is 11.8 Å². The molecule has 0 N–H and O–H groups in total. The zero-order chi connectivity index (χ0) is 20.5. The van der Waals surface area contributed by atoms with Crippen LogP contribution < -0.4 is 9.47 Å². The van der Waals surface area contributed by atoms with E-state index in [0.717, 1.165) is 17.1 Å². The molecular formula is C23H28N2O4. The van der Waals surface area contributed by atoms with Gasteiger partial charge in [0.05, 0.1) is 20.1 Å². The summed E-state index contributed by atoms with van der Waals surface area (Å²) in [6.45, 7) is 2.71. The van der Waals surface area contributed by atoms with Crippen LogP contribution in [0, 0.1) is 0 Å². The third-order valence-corrected chi connectivity index (χ3v) is 5.10. The average molecular weight is 396 g/mol. The molecule has 0 bridgehead atoms. The zero-order valence-electron chi connectivity index (χ0n) is 16.9. The third-order valence-electron chi connectivity index (χ3n) is 5.10. The second-order valence-electron chi connectivity index (χ2n) is 7.02. The molecule has 154 valence electrons. The molecule has 2 aromatic carbocycles. The van der Waals surface area contributed by atoms with E-state index < -0.39 is 0 Å². The van der Waals surface area contributed by atoms with Crippen LogP contribution >= 0.6 is 0 Å². The van der Waals surface area contributed by atoms with Gasteiger partial charge in [-0.2, -0.15) is 0 Å². The molecular weight excluding hydrogens is 368 g/mol. The molecule has 0 spiro atoms. The van der Waals surface area contributed by atoms with E-state index in [9.17, 15) is 9.59 Å². The third kappa shape index (κ3) is 6.24. The summed E-state index contributed by atoms with van der Waals surface area (Å²) < 4.78 is 10.7. The molecule has 0 unspecified atom stereocenters. The predicted octanol–water partition coefficient (Wildman–Crippen LogP) is 2.77. The maximum Gasteiger partial charge on any atom is 0.226 e. The second kappa shape index (κ2) is 10.5. The number of aryl methyl sites for hydroxylation is 1. The molecule has 1 fully saturated rings. The lowest BCUT2D eigenvalue weighted by Crippen LogP contribution is -2.50. The van der Waals surface area contributed by atoms with Gasteiger partial charge in [0, 0.05) is 32.6 Å². The Labute approximate surface area is 172 Å². The average Bonchev–Trinajstić information content (AvgIpc) is 2.78. The number of hydrogen-bond acceptors (Lipinski definition) is 4. The summed E-state index contributed by atoms with van der Waals surface area (Å²) in [6.07, 6.45) is 1.53. The molecule has 0 aliphatic carbocycles. The molecule has 3 rings (SSSR count). The molecule has 6 heteroatoms. The van der Waals surface area contributed by atoms with Gasteiger partial charge < -0.3 is 19.3 Å². The van der Waals surface area contributed by atoms with E-state index in [0.29, 0.717) is 52.0 Å². The van der Waals surface area contributed by atoms with Crippen LogP contribution in [-0.4, -0.2) is 61.5 Å². The highest BCUT2D eigenvalue weighted by atomic mass is 16.5. The molecule has 0 saturated carbocycles. The Balaban J connectivity index is 1.35. The molecule has 2 aromatic rings. The minimum absolute atomic E-state index is 0.0752. The van der Waals surface area contributed by atoms with Crippen LogP contribution in [-0.2, 0) is 16.0 Å². The van der Waals surface area contributed by atoms with Crippen LogP contribution in [0.4, 0.5) is 0 Å². The van der Waals surface area contributed by atoms with Gasteiger partial charge in [-0.15, -0.1) is 0 Å². The quantitative estimate of drug-likeness (QED) is 0.689. The minimum Gasteiger partial charge on any atom is -0.497 e.